The topological polar surface area (TPSA) is 53.8 Å². The minimum Gasteiger partial charge on any atom is -0.508 e. The molecule has 2 N–H and O–H groups in total. The molecule has 0 aromatic heterocycles. The van der Waals surface area contributed by atoms with Crippen LogP contribution in [0.2, 0.25) is 0 Å². The average molecular weight is 516 g/mol. The summed E-state index contributed by atoms with van der Waals surface area (Å²) in [6.07, 6.45) is 0.459. The Morgan fingerprint density at radius 1 is 0.966 bits per heavy atom. The number of hydrogen-bond acceptors (Lipinski definition) is 4. The SMILES string of the molecule is COc1ccc(C2=N[C@H](c3ccc(Br)cc3)N[C@@H](c3cc(Br)ccc3O)C2)cc1. The Kier molecular flexibility index (Phi) is 6.04. The molecular formula is C23H20Br2N2O2. The van der Waals surface area contributed by atoms with Crippen molar-refractivity contribution in [3.8, 4) is 11.5 Å². The third-order valence-electron chi connectivity index (χ3n) is 5.02. The van der Waals surface area contributed by atoms with Gasteiger partial charge in [0, 0.05) is 32.7 Å². The van der Waals surface area contributed by atoms with E-state index in [9.17, 15) is 5.11 Å². The molecule has 3 aromatic carbocycles. The Bertz CT molecular complexity index is 1030. The third kappa shape index (κ3) is 4.55. The van der Waals surface area contributed by atoms with Gasteiger partial charge in [-0.2, -0.15) is 0 Å². The molecule has 6 heteroatoms. The Morgan fingerprint density at radius 3 is 2.34 bits per heavy atom. The molecule has 1 aliphatic heterocycles. The number of halogens is 2. The second-order valence-electron chi connectivity index (χ2n) is 6.88. The summed E-state index contributed by atoms with van der Waals surface area (Å²) in [5.74, 6) is 1.09. The lowest BCUT2D eigenvalue weighted by atomic mass is 9.93. The van der Waals surface area contributed by atoms with E-state index in [1.165, 1.54) is 0 Å². The molecule has 0 spiro atoms. The van der Waals surface area contributed by atoms with Gasteiger partial charge in [-0.1, -0.05) is 44.0 Å². The summed E-state index contributed by atoms with van der Waals surface area (Å²) in [6.45, 7) is 0. The van der Waals surface area contributed by atoms with Crippen molar-refractivity contribution in [2.75, 3.05) is 7.11 Å². The molecule has 0 unspecified atom stereocenters. The maximum Gasteiger partial charge on any atom is 0.126 e. The molecule has 29 heavy (non-hydrogen) atoms. The summed E-state index contributed by atoms with van der Waals surface area (Å²) < 4.78 is 7.24. The first kappa shape index (κ1) is 20.1. The highest BCUT2D eigenvalue weighted by Gasteiger charge is 2.27. The third-order valence-corrected chi connectivity index (χ3v) is 6.04. The summed E-state index contributed by atoms with van der Waals surface area (Å²) in [7, 11) is 1.66. The minimum absolute atomic E-state index is 0.0734. The number of hydrogen-bond donors (Lipinski definition) is 2. The quantitative estimate of drug-likeness (QED) is 0.438. The van der Waals surface area contributed by atoms with Crippen LogP contribution in [0.5, 0.6) is 11.5 Å². The van der Waals surface area contributed by atoms with Gasteiger partial charge >= 0.3 is 0 Å². The monoisotopic (exact) mass is 514 g/mol. The number of aliphatic imine (C=N–C) groups is 1. The largest absolute Gasteiger partial charge is 0.508 e. The van der Waals surface area contributed by atoms with Gasteiger partial charge in [-0.3, -0.25) is 10.3 Å². The smallest absolute Gasteiger partial charge is 0.126 e. The van der Waals surface area contributed by atoms with E-state index in [0.29, 0.717) is 6.42 Å². The number of nitrogens with zero attached hydrogens (tertiary/aromatic N) is 1. The molecule has 0 radical (unpaired) electrons. The maximum absolute atomic E-state index is 10.5. The van der Waals surface area contributed by atoms with E-state index in [4.69, 9.17) is 9.73 Å². The molecular weight excluding hydrogens is 496 g/mol. The number of ether oxygens (including phenoxy) is 1. The van der Waals surface area contributed by atoms with E-state index in [2.05, 4.69) is 49.3 Å². The standard InChI is InChI=1S/C23H20Br2N2O2/c1-29-18-9-4-14(5-10-18)20-13-21(19-12-17(25)8-11-22(19)28)27-23(26-20)15-2-6-16(24)7-3-15/h2-12,21,23,27-28H,13H2,1H3/t21-,23+/m1/s1. The number of aromatic hydroxyl groups is 1. The van der Waals surface area contributed by atoms with Gasteiger partial charge in [0.1, 0.15) is 17.7 Å². The van der Waals surface area contributed by atoms with Crippen LogP contribution < -0.4 is 10.1 Å². The highest BCUT2D eigenvalue weighted by atomic mass is 79.9. The lowest BCUT2D eigenvalue weighted by molar-refractivity contribution is 0.412. The second-order valence-corrected chi connectivity index (χ2v) is 8.72. The molecule has 0 fully saturated rings. The van der Waals surface area contributed by atoms with Gasteiger partial charge in [-0.25, -0.2) is 0 Å². The Labute approximate surface area is 186 Å². The number of nitrogens with one attached hydrogen (secondary N) is 1. The van der Waals surface area contributed by atoms with Crippen molar-refractivity contribution in [3.05, 3.63) is 92.4 Å². The number of methoxy groups -OCH3 is 1. The Morgan fingerprint density at radius 2 is 1.66 bits per heavy atom. The van der Waals surface area contributed by atoms with Crippen molar-refractivity contribution in [2.45, 2.75) is 18.6 Å². The summed E-state index contributed by atoms with van der Waals surface area (Å²) in [5.41, 5.74) is 3.96. The molecule has 3 aromatic rings. The number of phenols is 1. The molecule has 1 aliphatic rings. The zero-order valence-electron chi connectivity index (χ0n) is 15.8. The molecule has 4 rings (SSSR count). The van der Waals surface area contributed by atoms with Crippen molar-refractivity contribution < 1.29 is 9.84 Å². The predicted molar refractivity (Wildman–Crippen MR) is 123 cm³/mol. The van der Waals surface area contributed by atoms with Crippen LogP contribution in [0.25, 0.3) is 0 Å². The zero-order chi connectivity index (χ0) is 20.4. The van der Waals surface area contributed by atoms with Crippen LogP contribution in [0.1, 0.15) is 35.3 Å². The molecule has 1 heterocycles. The van der Waals surface area contributed by atoms with Crippen LogP contribution >= 0.6 is 31.9 Å². The second kappa shape index (κ2) is 8.69. The van der Waals surface area contributed by atoms with Crippen molar-refractivity contribution >= 4 is 37.6 Å². The van der Waals surface area contributed by atoms with Crippen molar-refractivity contribution in [3.63, 3.8) is 0 Å². The zero-order valence-corrected chi connectivity index (χ0v) is 18.9. The first-order chi connectivity index (χ1) is 14.0. The van der Waals surface area contributed by atoms with Gasteiger partial charge in [0.15, 0.2) is 0 Å². The predicted octanol–water partition coefficient (Wildman–Crippen LogP) is 6.15. The molecule has 0 bridgehead atoms. The number of phenolic OH excluding ortho intramolecular Hbond substituents is 1. The van der Waals surface area contributed by atoms with Crippen molar-refractivity contribution in [1.82, 2.24) is 5.32 Å². The lowest BCUT2D eigenvalue weighted by Crippen LogP contribution is -2.33. The molecule has 0 saturated carbocycles. The average Bonchev–Trinajstić information content (AvgIpc) is 2.75. The van der Waals surface area contributed by atoms with Crippen LogP contribution in [0.3, 0.4) is 0 Å². The molecule has 4 nitrogen and oxygen atoms in total. The molecule has 2 atom stereocenters. The van der Waals surface area contributed by atoms with E-state index in [1.807, 2.05) is 48.5 Å². The van der Waals surface area contributed by atoms with E-state index in [0.717, 1.165) is 37.1 Å². The van der Waals surface area contributed by atoms with E-state index >= 15 is 0 Å². The fourth-order valence-electron chi connectivity index (χ4n) is 3.48. The van der Waals surface area contributed by atoms with Gasteiger partial charge in [-0.15, -0.1) is 0 Å². The fraction of sp³-hybridized carbons (Fsp3) is 0.174. The lowest BCUT2D eigenvalue weighted by Gasteiger charge is -2.31. The molecule has 0 saturated heterocycles. The maximum atomic E-state index is 10.5. The first-order valence-electron chi connectivity index (χ1n) is 9.24. The molecule has 148 valence electrons. The molecule has 0 amide bonds. The number of benzene rings is 3. The van der Waals surface area contributed by atoms with Gasteiger partial charge in [0.2, 0.25) is 0 Å². The Hall–Kier alpha value is -2.15. The van der Waals surface area contributed by atoms with E-state index in [-0.39, 0.29) is 18.0 Å². The van der Waals surface area contributed by atoms with Gasteiger partial charge in [-0.05, 0) is 65.7 Å². The van der Waals surface area contributed by atoms with Crippen molar-refractivity contribution in [1.29, 1.82) is 0 Å². The van der Waals surface area contributed by atoms with Crippen LogP contribution in [0.4, 0.5) is 0 Å². The summed E-state index contributed by atoms with van der Waals surface area (Å²) in [6, 6.07) is 21.5. The van der Waals surface area contributed by atoms with Crippen molar-refractivity contribution in [2.24, 2.45) is 4.99 Å². The first-order valence-corrected chi connectivity index (χ1v) is 10.8. The van der Waals surface area contributed by atoms with Crippen LogP contribution in [0, 0.1) is 0 Å². The summed E-state index contributed by atoms with van der Waals surface area (Å²) in [5, 5.41) is 14.1. The van der Waals surface area contributed by atoms with E-state index in [1.54, 1.807) is 13.2 Å². The Balaban J connectivity index is 1.75. The fourth-order valence-corrected chi connectivity index (χ4v) is 4.13. The minimum atomic E-state index is -0.211. The van der Waals surface area contributed by atoms with E-state index < -0.39 is 0 Å². The van der Waals surface area contributed by atoms with Crippen LogP contribution in [0.15, 0.2) is 80.7 Å². The number of rotatable bonds is 4. The highest BCUT2D eigenvalue weighted by molar-refractivity contribution is 9.10. The highest BCUT2D eigenvalue weighted by Crippen LogP contribution is 2.36. The normalized spacial score (nSPS) is 18.9. The van der Waals surface area contributed by atoms with Crippen LogP contribution in [-0.2, 0) is 0 Å². The summed E-state index contributed by atoms with van der Waals surface area (Å²) in [4.78, 5) is 4.99. The van der Waals surface area contributed by atoms with Crippen LogP contribution in [-0.4, -0.2) is 17.9 Å². The van der Waals surface area contributed by atoms with Gasteiger partial charge in [0.25, 0.3) is 0 Å². The molecule has 0 aliphatic carbocycles. The van der Waals surface area contributed by atoms with Gasteiger partial charge < -0.3 is 9.84 Å². The van der Waals surface area contributed by atoms with Gasteiger partial charge in [0.05, 0.1) is 7.11 Å². The summed E-state index contributed by atoms with van der Waals surface area (Å²) >= 11 is 7.01.